The van der Waals surface area contributed by atoms with Gasteiger partial charge in [-0.3, -0.25) is 14.9 Å². The first-order valence-corrected chi connectivity index (χ1v) is 7.22. The van der Waals surface area contributed by atoms with E-state index in [1.54, 1.807) is 30.9 Å². The van der Waals surface area contributed by atoms with Gasteiger partial charge in [-0.1, -0.05) is 6.07 Å². The number of rotatable bonds is 3. The van der Waals surface area contributed by atoms with Crippen LogP contribution in [0.15, 0.2) is 18.2 Å². The van der Waals surface area contributed by atoms with Crippen molar-refractivity contribution in [1.29, 1.82) is 0 Å². The van der Waals surface area contributed by atoms with E-state index in [2.05, 4.69) is 16.0 Å². The Morgan fingerprint density at radius 3 is 2.75 bits per heavy atom. The number of thioether (sulfide) groups is 1. The monoisotopic (exact) mass is 315 g/mol. The number of hydrogen-bond donors (Lipinski definition) is 3. The first-order valence-electron chi connectivity index (χ1n) is 6.07. The van der Waals surface area contributed by atoms with Crippen LogP contribution in [0.5, 0.6) is 0 Å². The fourth-order valence-electron chi connectivity index (χ4n) is 1.94. The molecule has 0 aromatic heterocycles. The minimum Gasteiger partial charge on any atom is -0.355 e. The normalized spacial score (nSPS) is 17.2. The Morgan fingerprint density at radius 2 is 2.15 bits per heavy atom. The molecule has 1 unspecified atom stereocenters. The summed E-state index contributed by atoms with van der Waals surface area (Å²) in [5, 5.41) is 8.58. The predicted molar refractivity (Wildman–Crippen MR) is 84.7 cm³/mol. The summed E-state index contributed by atoms with van der Waals surface area (Å²) >= 11 is 1.70. The van der Waals surface area contributed by atoms with E-state index in [1.165, 1.54) is 0 Å². The van der Waals surface area contributed by atoms with Crippen LogP contribution in [-0.4, -0.2) is 36.5 Å². The van der Waals surface area contributed by atoms with Gasteiger partial charge in [-0.2, -0.15) is 0 Å². The van der Waals surface area contributed by atoms with Crippen LogP contribution in [0.2, 0.25) is 0 Å². The second-order valence-electron chi connectivity index (χ2n) is 4.32. The first-order chi connectivity index (χ1) is 9.13. The summed E-state index contributed by atoms with van der Waals surface area (Å²) in [7, 11) is 1.59. The van der Waals surface area contributed by atoms with E-state index in [0.717, 1.165) is 17.2 Å². The average Bonchev–Trinajstić information content (AvgIpc) is 2.94. The van der Waals surface area contributed by atoms with Crippen molar-refractivity contribution in [3.05, 3.63) is 29.3 Å². The first kappa shape index (κ1) is 16.8. The summed E-state index contributed by atoms with van der Waals surface area (Å²) in [6, 6.07) is 5.16. The smallest absolute Gasteiger partial charge is 0.251 e. The fraction of sp³-hybridized carbons (Fsp3) is 0.385. The van der Waals surface area contributed by atoms with Crippen molar-refractivity contribution in [3.63, 3.8) is 0 Å². The molecule has 1 saturated heterocycles. The van der Waals surface area contributed by atoms with Gasteiger partial charge >= 0.3 is 0 Å². The maximum Gasteiger partial charge on any atom is 0.251 e. The van der Waals surface area contributed by atoms with Gasteiger partial charge in [0, 0.05) is 29.9 Å². The summed E-state index contributed by atoms with van der Waals surface area (Å²) in [6.45, 7) is 1.83. The molecule has 3 N–H and O–H groups in total. The average molecular weight is 316 g/mol. The third-order valence-corrected chi connectivity index (χ3v) is 4.04. The zero-order chi connectivity index (χ0) is 13.8. The molecule has 1 aromatic carbocycles. The lowest BCUT2D eigenvalue weighted by molar-refractivity contribution is -0.117. The molecule has 1 fully saturated rings. The summed E-state index contributed by atoms with van der Waals surface area (Å²) in [4.78, 5) is 23.7. The summed E-state index contributed by atoms with van der Waals surface area (Å²) in [6.07, 6.45) is 0. The number of nitrogens with one attached hydrogen (secondary N) is 3. The molecule has 110 valence electrons. The fourth-order valence-corrected chi connectivity index (χ4v) is 2.88. The van der Waals surface area contributed by atoms with E-state index in [4.69, 9.17) is 0 Å². The van der Waals surface area contributed by atoms with Gasteiger partial charge in [0.05, 0.1) is 6.04 Å². The van der Waals surface area contributed by atoms with Crippen molar-refractivity contribution in [2.24, 2.45) is 0 Å². The molecule has 5 nitrogen and oxygen atoms in total. The predicted octanol–water partition coefficient (Wildman–Crippen LogP) is 1.38. The number of benzene rings is 1. The topological polar surface area (TPSA) is 70.2 Å². The Labute approximate surface area is 128 Å². The molecule has 2 amide bonds. The Balaban J connectivity index is 0.00000200. The van der Waals surface area contributed by atoms with Crippen LogP contribution in [0, 0.1) is 6.92 Å². The van der Waals surface area contributed by atoms with E-state index in [9.17, 15) is 9.59 Å². The number of anilines is 1. The van der Waals surface area contributed by atoms with Crippen molar-refractivity contribution in [2.75, 3.05) is 24.0 Å². The van der Waals surface area contributed by atoms with Crippen molar-refractivity contribution >= 4 is 41.7 Å². The standard InChI is InChI=1S/C13H17N3O2S.ClH/c1-8-9(12(17)14-2)4-3-5-10(8)16-13(18)11-6-19-7-15-11;/h3-5,11,15H,6-7H2,1-2H3,(H,14,17)(H,16,18);1H. The van der Waals surface area contributed by atoms with Crippen LogP contribution >= 0.6 is 24.2 Å². The molecular formula is C13H18ClN3O2S. The highest BCUT2D eigenvalue weighted by molar-refractivity contribution is 7.99. The largest absolute Gasteiger partial charge is 0.355 e. The summed E-state index contributed by atoms with van der Waals surface area (Å²) < 4.78 is 0. The molecule has 1 heterocycles. The Bertz CT molecular complexity index is 504. The summed E-state index contributed by atoms with van der Waals surface area (Å²) in [5.74, 6) is 1.38. The van der Waals surface area contributed by atoms with Crippen molar-refractivity contribution in [3.8, 4) is 0 Å². The molecule has 1 atom stereocenters. The maximum atomic E-state index is 12.0. The Hall–Kier alpha value is -1.24. The number of hydrogen-bond acceptors (Lipinski definition) is 4. The second kappa shape index (κ2) is 7.52. The third kappa shape index (κ3) is 3.65. The lowest BCUT2D eigenvalue weighted by atomic mass is 10.1. The molecule has 0 radical (unpaired) electrons. The highest BCUT2D eigenvalue weighted by Gasteiger charge is 2.23. The van der Waals surface area contributed by atoms with Crippen LogP contribution in [0.25, 0.3) is 0 Å². The molecular weight excluding hydrogens is 298 g/mol. The van der Waals surface area contributed by atoms with Gasteiger partial charge < -0.3 is 10.6 Å². The second-order valence-corrected chi connectivity index (χ2v) is 5.35. The quantitative estimate of drug-likeness (QED) is 0.788. The highest BCUT2D eigenvalue weighted by atomic mass is 35.5. The van der Waals surface area contributed by atoms with Crippen LogP contribution < -0.4 is 16.0 Å². The highest BCUT2D eigenvalue weighted by Crippen LogP contribution is 2.20. The molecule has 0 spiro atoms. The molecule has 2 rings (SSSR count). The lowest BCUT2D eigenvalue weighted by Gasteiger charge is -2.14. The molecule has 20 heavy (non-hydrogen) atoms. The molecule has 7 heteroatoms. The van der Waals surface area contributed by atoms with E-state index >= 15 is 0 Å². The van der Waals surface area contributed by atoms with Crippen molar-refractivity contribution < 1.29 is 9.59 Å². The van der Waals surface area contributed by atoms with Crippen LogP contribution in [0.4, 0.5) is 5.69 Å². The van der Waals surface area contributed by atoms with Crippen molar-refractivity contribution in [1.82, 2.24) is 10.6 Å². The Kier molecular flexibility index (Phi) is 6.32. The maximum absolute atomic E-state index is 12.0. The van der Waals surface area contributed by atoms with Gasteiger partial charge in [-0.15, -0.1) is 24.2 Å². The zero-order valence-corrected chi connectivity index (χ0v) is 13.0. The van der Waals surface area contributed by atoms with Gasteiger partial charge in [0.15, 0.2) is 0 Å². The number of halogens is 1. The van der Waals surface area contributed by atoms with Crippen LogP contribution in [0.3, 0.4) is 0 Å². The molecule has 1 aliphatic rings. The molecule has 0 aliphatic carbocycles. The molecule has 0 saturated carbocycles. The molecule has 1 aliphatic heterocycles. The lowest BCUT2D eigenvalue weighted by Crippen LogP contribution is -2.37. The van der Waals surface area contributed by atoms with Crippen molar-refractivity contribution in [2.45, 2.75) is 13.0 Å². The van der Waals surface area contributed by atoms with Crippen LogP contribution in [-0.2, 0) is 4.79 Å². The van der Waals surface area contributed by atoms with E-state index in [-0.39, 0.29) is 30.3 Å². The van der Waals surface area contributed by atoms with E-state index in [1.807, 2.05) is 13.0 Å². The minimum atomic E-state index is -0.159. The molecule has 0 bridgehead atoms. The SMILES string of the molecule is CNC(=O)c1cccc(NC(=O)C2CSCN2)c1C.Cl. The van der Waals surface area contributed by atoms with E-state index < -0.39 is 0 Å². The van der Waals surface area contributed by atoms with Gasteiger partial charge in [0.1, 0.15) is 0 Å². The Morgan fingerprint density at radius 1 is 1.40 bits per heavy atom. The van der Waals surface area contributed by atoms with Gasteiger partial charge in [0.25, 0.3) is 5.91 Å². The van der Waals surface area contributed by atoms with E-state index in [0.29, 0.717) is 11.3 Å². The van der Waals surface area contributed by atoms with Crippen LogP contribution in [0.1, 0.15) is 15.9 Å². The number of amides is 2. The molecule has 1 aromatic rings. The number of carbonyl (C=O) groups excluding carboxylic acids is 2. The van der Waals surface area contributed by atoms with Gasteiger partial charge in [0.2, 0.25) is 5.91 Å². The third-order valence-electron chi connectivity index (χ3n) is 3.10. The summed E-state index contributed by atoms with van der Waals surface area (Å²) in [5.41, 5.74) is 2.04. The number of carbonyl (C=O) groups is 2. The van der Waals surface area contributed by atoms with Gasteiger partial charge in [-0.05, 0) is 24.6 Å². The van der Waals surface area contributed by atoms with Gasteiger partial charge in [-0.25, -0.2) is 0 Å². The zero-order valence-electron chi connectivity index (χ0n) is 11.4. The minimum absolute atomic E-state index is 0.